The number of aryl methyl sites for hydroxylation is 1. The molecule has 2 unspecified atom stereocenters. The van der Waals surface area contributed by atoms with E-state index in [0.29, 0.717) is 18.6 Å². The minimum Gasteiger partial charge on any atom is -0.329 e. The second-order valence-corrected chi connectivity index (χ2v) is 4.53. The lowest BCUT2D eigenvalue weighted by molar-refractivity contribution is 0.184. The van der Waals surface area contributed by atoms with Crippen LogP contribution in [0.4, 0.5) is 0 Å². The SMILES string of the molecule is CCC(C)N(C)C(CN)c1ccccc1C. The normalized spacial score (nSPS) is 15.1. The first kappa shape index (κ1) is 13.2. The van der Waals surface area contributed by atoms with Gasteiger partial charge < -0.3 is 5.73 Å². The average Bonchev–Trinajstić information content (AvgIpc) is 2.31. The van der Waals surface area contributed by atoms with Crippen LogP contribution in [0, 0.1) is 6.92 Å². The molecule has 16 heavy (non-hydrogen) atoms. The predicted molar refractivity (Wildman–Crippen MR) is 70.5 cm³/mol. The van der Waals surface area contributed by atoms with Crippen molar-refractivity contribution >= 4 is 0 Å². The van der Waals surface area contributed by atoms with Gasteiger partial charge in [-0.1, -0.05) is 31.2 Å². The maximum absolute atomic E-state index is 5.93. The van der Waals surface area contributed by atoms with E-state index in [1.54, 1.807) is 0 Å². The van der Waals surface area contributed by atoms with Gasteiger partial charge in [-0.15, -0.1) is 0 Å². The number of hydrogen-bond donors (Lipinski definition) is 1. The van der Waals surface area contributed by atoms with Crippen LogP contribution in [0.3, 0.4) is 0 Å². The predicted octanol–water partition coefficient (Wildman–Crippen LogP) is 2.73. The third kappa shape index (κ3) is 2.83. The van der Waals surface area contributed by atoms with Crippen LogP contribution in [-0.4, -0.2) is 24.5 Å². The first-order valence-corrected chi connectivity index (χ1v) is 6.09. The fourth-order valence-electron chi connectivity index (χ4n) is 2.07. The van der Waals surface area contributed by atoms with Crippen LogP contribution in [0.25, 0.3) is 0 Å². The fraction of sp³-hybridized carbons (Fsp3) is 0.571. The summed E-state index contributed by atoms with van der Waals surface area (Å²) in [4.78, 5) is 2.38. The molecule has 0 saturated heterocycles. The minimum atomic E-state index is 0.330. The number of hydrogen-bond acceptors (Lipinski definition) is 2. The molecule has 0 aliphatic heterocycles. The molecule has 1 aromatic rings. The molecule has 0 radical (unpaired) electrons. The van der Waals surface area contributed by atoms with Crippen LogP contribution < -0.4 is 5.73 Å². The molecule has 2 heteroatoms. The van der Waals surface area contributed by atoms with Crippen molar-refractivity contribution in [3.8, 4) is 0 Å². The zero-order chi connectivity index (χ0) is 12.1. The van der Waals surface area contributed by atoms with Gasteiger partial charge in [0.1, 0.15) is 0 Å². The number of nitrogens with zero attached hydrogens (tertiary/aromatic N) is 1. The highest BCUT2D eigenvalue weighted by atomic mass is 15.2. The molecule has 90 valence electrons. The Hall–Kier alpha value is -0.860. The first-order valence-electron chi connectivity index (χ1n) is 6.09. The molecule has 0 bridgehead atoms. The van der Waals surface area contributed by atoms with Gasteiger partial charge in [0.05, 0.1) is 0 Å². The Morgan fingerprint density at radius 3 is 2.44 bits per heavy atom. The molecule has 2 atom stereocenters. The highest BCUT2D eigenvalue weighted by molar-refractivity contribution is 5.29. The minimum absolute atomic E-state index is 0.330. The van der Waals surface area contributed by atoms with E-state index in [4.69, 9.17) is 5.73 Å². The maximum atomic E-state index is 5.93. The number of rotatable bonds is 5. The highest BCUT2D eigenvalue weighted by Crippen LogP contribution is 2.24. The summed E-state index contributed by atoms with van der Waals surface area (Å²) in [6.07, 6.45) is 1.15. The maximum Gasteiger partial charge on any atom is 0.0472 e. The molecule has 0 saturated carbocycles. The molecule has 0 aliphatic carbocycles. The number of nitrogens with two attached hydrogens (primary N) is 1. The molecule has 0 aromatic heterocycles. The molecule has 0 heterocycles. The molecule has 1 aromatic carbocycles. The number of benzene rings is 1. The topological polar surface area (TPSA) is 29.3 Å². The van der Waals surface area contributed by atoms with Gasteiger partial charge in [-0.2, -0.15) is 0 Å². The van der Waals surface area contributed by atoms with Crippen LogP contribution in [-0.2, 0) is 0 Å². The molecular formula is C14H24N2. The summed E-state index contributed by atoms with van der Waals surface area (Å²) >= 11 is 0. The largest absolute Gasteiger partial charge is 0.329 e. The third-order valence-electron chi connectivity index (χ3n) is 3.55. The van der Waals surface area contributed by atoms with Crippen molar-refractivity contribution in [3.63, 3.8) is 0 Å². The third-order valence-corrected chi connectivity index (χ3v) is 3.55. The van der Waals surface area contributed by atoms with Crippen molar-refractivity contribution in [2.24, 2.45) is 5.73 Å². The van der Waals surface area contributed by atoms with Gasteiger partial charge >= 0.3 is 0 Å². The van der Waals surface area contributed by atoms with Crippen LogP contribution in [0.1, 0.15) is 37.4 Å². The summed E-state index contributed by atoms with van der Waals surface area (Å²) in [6, 6.07) is 9.41. The van der Waals surface area contributed by atoms with Gasteiger partial charge in [-0.25, -0.2) is 0 Å². The van der Waals surface area contributed by atoms with Crippen LogP contribution in [0.15, 0.2) is 24.3 Å². The van der Waals surface area contributed by atoms with Crippen LogP contribution >= 0.6 is 0 Å². The molecule has 1 rings (SSSR count). The van der Waals surface area contributed by atoms with Gasteiger partial charge in [-0.05, 0) is 38.4 Å². The first-order chi connectivity index (χ1) is 7.61. The Labute approximate surface area is 99.5 Å². The van der Waals surface area contributed by atoms with Crippen molar-refractivity contribution in [2.75, 3.05) is 13.6 Å². The quantitative estimate of drug-likeness (QED) is 0.826. The number of likely N-dealkylation sites (N-methyl/N-ethyl adjacent to an activating group) is 1. The van der Waals surface area contributed by atoms with E-state index < -0.39 is 0 Å². The zero-order valence-electron chi connectivity index (χ0n) is 10.9. The highest BCUT2D eigenvalue weighted by Gasteiger charge is 2.20. The molecule has 0 spiro atoms. The second-order valence-electron chi connectivity index (χ2n) is 4.53. The van der Waals surface area contributed by atoms with Crippen molar-refractivity contribution in [3.05, 3.63) is 35.4 Å². The Kier molecular flexibility index (Phi) is 4.97. The molecular weight excluding hydrogens is 196 g/mol. The van der Waals surface area contributed by atoms with Gasteiger partial charge in [0, 0.05) is 18.6 Å². The van der Waals surface area contributed by atoms with Crippen molar-refractivity contribution in [2.45, 2.75) is 39.3 Å². The molecule has 2 nitrogen and oxygen atoms in total. The van der Waals surface area contributed by atoms with Crippen LogP contribution in [0.5, 0.6) is 0 Å². The Morgan fingerprint density at radius 1 is 1.31 bits per heavy atom. The lowest BCUT2D eigenvalue weighted by Crippen LogP contribution is -2.37. The lowest BCUT2D eigenvalue weighted by atomic mass is 9.99. The molecule has 2 N–H and O–H groups in total. The van der Waals surface area contributed by atoms with E-state index in [1.807, 2.05) is 0 Å². The molecule has 0 aliphatic rings. The Morgan fingerprint density at radius 2 is 1.94 bits per heavy atom. The monoisotopic (exact) mass is 220 g/mol. The second kappa shape index (κ2) is 6.02. The zero-order valence-corrected chi connectivity index (χ0v) is 10.9. The Bertz CT molecular complexity index is 322. The fourth-order valence-corrected chi connectivity index (χ4v) is 2.07. The summed E-state index contributed by atoms with van der Waals surface area (Å²) in [7, 11) is 2.16. The summed E-state index contributed by atoms with van der Waals surface area (Å²) in [5.74, 6) is 0. The summed E-state index contributed by atoms with van der Waals surface area (Å²) < 4.78 is 0. The van der Waals surface area contributed by atoms with Crippen molar-refractivity contribution in [1.82, 2.24) is 4.90 Å². The van der Waals surface area contributed by atoms with E-state index in [1.165, 1.54) is 11.1 Å². The van der Waals surface area contributed by atoms with Crippen molar-refractivity contribution in [1.29, 1.82) is 0 Å². The Balaban J connectivity index is 2.94. The lowest BCUT2D eigenvalue weighted by Gasteiger charge is -2.33. The van der Waals surface area contributed by atoms with E-state index in [-0.39, 0.29) is 0 Å². The molecule has 0 amide bonds. The van der Waals surface area contributed by atoms with Gasteiger partial charge in [0.15, 0.2) is 0 Å². The van der Waals surface area contributed by atoms with Gasteiger partial charge in [0.2, 0.25) is 0 Å². The van der Waals surface area contributed by atoms with Gasteiger partial charge in [-0.3, -0.25) is 4.90 Å². The van der Waals surface area contributed by atoms with E-state index >= 15 is 0 Å². The standard InChI is InChI=1S/C14H24N2/c1-5-12(3)16(4)14(10-15)13-9-7-6-8-11(13)2/h6-9,12,14H,5,10,15H2,1-4H3. The average molecular weight is 220 g/mol. The summed E-state index contributed by atoms with van der Waals surface area (Å²) in [6.45, 7) is 7.29. The summed E-state index contributed by atoms with van der Waals surface area (Å²) in [5, 5.41) is 0. The molecule has 0 fully saturated rings. The van der Waals surface area contributed by atoms with E-state index in [9.17, 15) is 0 Å². The van der Waals surface area contributed by atoms with Gasteiger partial charge in [0.25, 0.3) is 0 Å². The van der Waals surface area contributed by atoms with E-state index in [2.05, 4.69) is 57.0 Å². The van der Waals surface area contributed by atoms with Crippen LogP contribution in [0.2, 0.25) is 0 Å². The summed E-state index contributed by atoms with van der Waals surface area (Å²) in [5.41, 5.74) is 8.61. The smallest absolute Gasteiger partial charge is 0.0472 e. The van der Waals surface area contributed by atoms with Crippen molar-refractivity contribution < 1.29 is 0 Å². The van der Waals surface area contributed by atoms with E-state index in [0.717, 1.165) is 6.42 Å².